The van der Waals surface area contributed by atoms with E-state index in [1.807, 2.05) is 0 Å². The third-order valence-corrected chi connectivity index (χ3v) is 2.79. The molecule has 0 fully saturated rings. The van der Waals surface area contributed by atoms with Gasteiger partial charge in [-0.25, -0.2) is 4.39 Å². The van der Waals surface area contributed by atoms with Crippen LogP contribution in [0.4, 0.5) is 10.1 Å². The Balaban J connectivity index is 2.21. The first-order valence-corrected chi connectivity index (χ1v) is 5.91. The van der Waals surface area contributed by atoms with Crippen LogP contribution in [-0.4, -0.2) is 11.0 Å². The van der Waals surface area contributed by atoms with Crippen LogP contribution in [0, 0.1) is 5.82 Å². The zero-order valence-corrected chi connectivity index (χ0v) is 10.7. The summed E-state index contributed by atoms with van der Waals surface area (Å²) in [6.45, 7) is 0. The predicted octanol–water partition coefficient (Wildman–Crippen LogP) is 3.55. The van der Waals surface area contributed by atoms with Gasteiger partial charge in [0.25, 0.3) is 5.91 Å². The number of carbonyl (C=O) groups excluding carboxylic acids is 1. The second-order valence-electron chi connectivity index (χ2n) is 3.63. The summed E-state index contributed by atoms with van der Waals surface area (Å²) in [5, 5.41) is 11.7. The van der Waals surface area contributed by atoms with Crippen LogP contribution in [-0.2, 0) is 0 Å². The van der Waals surface area contributed by atoms with Gasteiger partial charge >= 0.3 is 0 Å². The molecule has 2 rings (SSSR count). The second kappa shape index (κ2) is 5.18. The first-order chi connectivity index (χ1) is 8.56. The van der Waals surface area contributed by atoms with Crippen LogP contribution < -0.4 is 5.32 Å². The number of nitrogens with one attached hydrogen (secondary N) is 1. The number of hydrogen-bond donors (Lipinski definition) is 2. The average Bonchev–Trinajstić information content (AvgIpc) is 2.35. The van der Waals surface area contributed by atoms with Crippen molar-refractivity contribution in [2.75, 3.05) is 5.32 Å². The molecular formula is C13H9BrFNO2. The molecule has 0 aliphatic heterocycles. The maximum atomic E-state index is 13.5. The Hall–Kier alpha value is -1.88. The minimum Gasteiger partial charge on any atom is -0.508 e. The summed E-state index contributed by atoms with van der Waals surface area (Å²) >= 11 is 3.18. The molecule has 0 spiro atoms. The molecular weight excluding hydrogens is 301 g/mol. The lowest BCUT2D eigenvalue weighted by atomic mass is 10.2. The van der Waals surface area contributed by atoms with Crippen LogP contribution in [0.15, 0.2) is 46.9 Å². The van der Waals surface area contributed by atoms with Crippen LogP contribution in [0.2, 0.25) is 0 Å². The molecule has 2 N–H and O–H groups in total. The molecule has 2 aromatic carbocycles. The SMILES string of the molecule is O=C(Nc1ccc(O)cc1)c1cc(Br)ccc1F. The summed E-state index contributed by atoms with van der Waals surface area (Å²) in [5.41, 5.74) is 0.439. The van der Waals surface area contributed by atoms with Crippen LogP contribution in [0.1, 0.15) is 10.4 Å². The Kier molecular flexibility index (Phi) is 3.62. The number of rotatable bonds is 2. The first-order valence-electron chi connectivity index (χ1n) is 5.12. The highest BCUT2D eigenvalue weighted by Crippen LogP contribution is 2.18. The van der Waals surface area contributed by atoms with Crippen molar-refractivity contribution in [3.8, 4) is 5.75 Å². The molecule has 3 nitrogen and oxygen atoms in total. The van der Waals surface area contributed by atoms with Gasteiger partial charge in [-0.2, -0.15) is 0 Å². The van der Waals surface area contributed by atoms with Gasteiger partial charge in [0.15, 0.2) is 0 Å². The first kappa shape index (κ1) is 12.6. The summed E-state index contributed by atoms with van der Waals surface area (Å²) in [7, 11) is 0. The molecule has 92 valence electrons. The van der Waals surface area contributed by atoms with Crippen LogP contribution in [0.5, 0.6) is 5.75 Å². The number of hydrogen-bond acceptors (Lipinski definition) is 2. The Labute approximate surface area is 111 Å². The highest BCUT2D eigenvalue weighted by Gasteiger charge is 2.12. The van der Waals surface area contributed by atoms with Crippen molar-refractivity contribution in [3.63, 3.8) is 0 Å². The summed E-state index contributed by atoms with van der Waals surface area (Å²) < 4.78 is 14.1. The highest BCUT2D eigenvalue weighted by atomic mass is 79.9. The quantitative estimate of drug-likeness (QED) is 0.834. The van der Waals surface area contributed by atoms with Crippen LogP contribution in [0.3, 0.4) is 0 Å². The number of aromatic hydroxyl groups is 1. The van der Waals surface area contributed by atoms with Gasteiger partial charge in [0.1, 0.15) is 11.6 Å². The van der Waals surface area contributed by atoms with Crippen molar-refractivity contribution < 1.29 is 14.3 Å². The molecule has 2 aromatic rings. The second-order valence-corrected chi connectivity index (χ2v) is 4.54. The number of phenols is 1. The molecule has 0 bridgehead atoms. The van der Waals surface area contributed by atoms with Crippen molar-refractivity contribution >= 4 is 27.5 Å². The van der Waals surface area contributed by atoms with Gasteiger partial charge in [0, 0.05) is 10.2 Å². The van der Waals surface area contributed by atoms with E-state index in [-0.39, 0.29) is 11.3 Å². The molecule has 0 aromatic heterocycles. The third kappa shape index (κ3) is 2.87. The average molecular weight is 310 g/mol. The minimum atomic E-state index is -0.588. The number of carbonyl (C=O) groups is 1. The molecule has 0 aliphatic carbocycles. The standard InChI is InChI=1S/C13H9BrFNO2/c14-8-1-6-12(15)11(7-8)13(18)16-9-2-4-10(17)5-3-9/h1-7,17H,(H,16,18). The van der Waals surface area contributed by atoms with Crippen molar-refractivity contribution in [1.82, 2.24) is 0 Å². The largest absolute Gasteiger partial charge is 0.508 e. The fraction of sp³-hybridized carbons (Fsp3) is 0. The van der Waals surface area contributed by atoms with Crippen molar-refractivity contribution in [3.05, 3.63) is 58.3 Å². The van der Waals surface area contributed by atoms with Gasteiger partial charge in [-0.15, -0.1) is 0 Å². The summed E-state index contributed by atoms with van der Waals surface area (Å²) in [5.74, 6) is -1.03. The third-order valence-electron chi connectivity index (χ3n) is 2.30. The highest BCUT2D eigenvalue weighted by molar-refractivity contribution is 9.10. The molecule has 0 unspecified atom stereocenters. The van der Waals surface area contributed by atoms with Crippen LogP contribution >= 0.6 is 15.9 Å². The number of phenolic OH excluding ortho intramolecular Hbond substituents is 1. The van der Waals surface area contributed by atoms with Gasteiger partial charge in [0.05, 0.1) is 5.56 Å². The number of amides is 1. The van der Waals surface area contributed by atoms with E-state index in [0.29, 0.717) is 10.2 Å². The normalized spacial score (nSPS) is 10.1. The predicted molar refractivity (Wildman–Crippen MR) is 70.2 cm³/mol. The zero-order valence-electron chi connectivity index (χ0n) is 9.15. The molecule has 18 heavy (non-hydrogen) atoms. The zero-order chi connectivity index (χ0) is 13.1. The van der Waals surface area contributed by atoms with E-state index in [9.17, 15) is 9.18 Å². The monoisotopic (exact) mass is 309 g/mol. The maximum Gasteiger partial charge on any atom is 0.258 e. The Morgan fingerprint density at radius 2 is 1.83 bits per heavy atom. The van der Waals surface area contributed by atoms with E-state index in [1.165, 1.54) is 42.5 Å². The van der Waals surface area contributed by atoms with E-state index in [1.54, 1.807) is 0 Å². The van der Waals surface area contributed by atoms with Gasteiger partial charge < -0.3 is 10.4 Å². The van der Waals surface area contributed by atoms with Gasteiger partial charge in [0.2, 0.25) is 0 Å². The lowest BCUT2D eigenvalue weighted by Crippen LogP contribution is -2.13. The Morgan fingerprint density at radius 1 is 1.17 bits per heavy atom. The smallest absolute Gasteiger partial charge is 0.258 e. The van der Waals surface area contributed by atoms with E-state index in [4.69, 9.17) is 5.11 Å². The molecule has 0 saturated carbocycles. The molecule has 0 aliphatic rings. The fourth-order valence-electron chi connectivity index (χ4n) is 1.41. The maximum absolute atomic E-state index is 13.5. The van der Waals surface area contributed by atoms with Crippen molar-refractivity contribution in [1.29, 1.82) is 0 Å². The number of halogens is 2. The molecule has 5 heteroatoms. The Bertz CT molecular complexity index is 584. The number of benzene rings is 2. The topological polar surface area (TPSA) is 49.3 Å². The summed E-state index contributed by atoms with van der Waals surface area (Å²) in [6.07, 6.45) is 0. The lowest BCUT2D eigenvalue weighted by Gasteiger charge is -2.06. The molecule has 1 amide bonds. The van der Waals surface area contributed by atoms with E-state index in [0.717, 1.165) is 0 Å². The molecule has 0 saturated heterocycles. The van der Waals surface area contributed by atoms with Gasteiger partial charge in [-0.05, 0) is 42.5 Å². The summed E-state index contributed by atoms with van der Waals surface area (Å²) in [4.78, 5) is 11.8. The molecule has 0 atom stereocenters. The lowest BCUT2D eigenvalue weighted by molar-refractivity contribution is 0.102. The molecule has 0 heterocycles. The number of anilines is 1. The van der Waals surface area contributed by atoms with Crippen molar-refractivity contribution in [2.45, 2.75) is 0 Å². The fourth-order valence-corrected chi connectivity index (χ4v) is 1.78. The van der Waals surface area contributed by atoms with Gasteiger partial charge in [-0.3, -0.25) is 4.79 Å². The molecule has 0 radical (unpaired) electrons. The Morgan fingerprint density at radius 3 is 2.50 bits per heavy atom. The summed E-state index contributed by atoms with van der Waals surface area (Å²) in [6, 6.07) is 10.1. The van der Waals surface area contributed by atoms with Gasteiger partial charge in [-0.1, -0.05) is 15.9 Å². The van der Waals surface area contributed by atoms with Crippen molar-refractivity contribution in [2.24, 2.45) is 0 Å². The van der Waals surface area contributed by atoms with E-state index >= 15 is 0 Å². The van der Waals surface area contributed by atoms with Crippen LogP contribution in [0.25, 0.3) is 0 Å². The minimum absolute atomic E-state index is 0.0440. The van der Waals surface area contributed by atoms with E-state index < -0.39 is 11.7 Å². The van der Waals surface area contributed by atoms with E-state index in [2.05, 4.69) is 21.2 Å².